The van der Waals surface area contributed by atoms with Crippen LogP contribution in [-0.2, 0) is 16.1 Å². The van der Waals surface area contributed by atoms with E-state index in [1.807, 2.05) is 63.2 Å². The minimum absolute atomic E-state index is 0.421. The van der Waals surface area contributed by atoms with E-state index in [2.05, 4.69) is 9.88 Å². The molecular weight excluding hydrogens is 392 g/mol. The molecule has 0 spiro atoms. The Morgan fingerprint density at radius 1 is 1.03 bits per heavy atom. The molecule has 0 aliphatic heterocycles. The molecule has 1 aromatic heterocycles. The van der Waals surface area contributed by atoms with Gasteiger partial charge in [0.25, 0.3) is 5.91 Å². The van der Waals surface area contributed by atoms with Crippen LogP contribution >= 0.6 is 0 Å². The summed E-state index contributed by atoms with van der Waals surface area (Å²) in [6, 6.07) is 17.3. The lowest BCUT2D eigenvalue weighted by Gasteiger charge is -2.16. The van der Waals surface area contributed by atoms with Gasteiger partial charge in [-0.2, -0.15) is 0 Å². The van der Waals surface area contributed by atoms with Gasteiger partial charge in [-0.15, -0.1) is 0 Å². The highest BCUT2D eigenvalue weighted by Crippen LogP contribution is 2.25. The van der Waals surface area contributed by atoms with Gasteiger partial charge in [-0.1, -0.05) is 36.4 Å². The van der Waals surface area contributed by atoms with Crippen LogP contribution in [0.15, 0.2) is 54.6 Å². The third-order valence-electron chi connectivity index (χ3n) is 5.24. The Morgan fingerprint density at radius 2 is 1.74 bits per heavy atom. The van der Waals surface area contributed by atoms with Crippen molar-refractivity contribution in [2.45, 2.75) is 40.3 Å². The molecule has 0 aliphatic carbocycles. The van der Waals surface area contributed by atoms with E-state index in [0.717, 1.165) is 22.5 Å². The average molecular weight is 421 g/mol. The van der Waals surface area contributed by atoms with E-state index < -0.39 is 18.0 Å². The van der Waals surface area contributed by atoms with Crippen molar-refractivity contribution < 1.29 is 19.1 Å². The monoisotopic (exact) mass is 420 g/mol. The summed E-state index contributed by atoms with van der Waals surface area (Å²) in [5.74, 6) is -0.399. The highest BCUT2D eigenvalue weighted by molar-refractivity contribution is 5.98. The fraction of sp³-hybridized carbons (Fsp3) is 0.280. The van der Waals surface area contributed by atoms with Crippen LogP contribution in [0.5, 0.6) is 5.75 Å². The van der Waals surface area contributed by atoms with E-state index in [-0.39, 0.29) is 0 Å². The van der Waals surface area contributed by atoms with Crippen LogP contribution < -0.4 is 10.1 Å². The fourth-order valence-corrected chi connectivity index (χ4v) is 3.45. The van der Waals surface area contributed by atoms with Crippen molar-refractivity contribution in [1.82, 2.24) is 4.57 Å². The summed E-state index contributed by atoms with van der Waals surface area (Å²) >= 11 is 0. The van der Waals surface area contributed by atoms with E-state index in [1.165, 1.54) is 7.11 Å². The van der Waals surface area contributed by atoms with Crippen LogP contribution in [0.1, 0.15) is 39.8 Å². The van der Waals surface area contributed by atoms with Crippen molar-refractivity contribution in [3.63, 3.8) is 0 Å². The van der Waals surface area contributed by atoms with Crippen LogP contribution in [0, 0.1) is 20.8 Å². The number of nitrogens with zero attached hydrogens (tertiary/aromatic N) is 1. The minimum Gasteiger partial charge on any atom is -0.495 e. The number of benzene rings is 2. The number of hydrogen-bond acceptors (Lipinski definition) is 4. The largest absolute Gasteiger partial charge is 0.495 e. The molecule has 0 saturated carbocycles. The van der Waals surface area contributed by atoms with Crippen molar-refractivity contribution >= 4 is 17.6 Å². The highest BCUT2D eigenvalue weighted by atomic mass is 16.5. The van der Waals surface area contributed by atoms with Gasteiger partial charge in [-0.05, 0) is 57.0 Å². The lowest BCUT2D eigenvalue weighted by Crippen LogP contribution is -2.30. The second-order valence-electron chi connectivity index (χ2n) is 7.60. The van der Waals surface area contributed by atoms with Crippen molar-refractivity contribution in [3.8, 4) is 5.75 Å². The van der Waals surface area contributed by atoms with Crippen LogP contribution in [0.25, 0.3) is 0 Å². The number of nitrogens with one attached hydrogen (secondary N) is 1. The number of aryl methyl sites for hydroxylation is 2. The van der Waals surface area contributed by atoms with Crippen molar-refractivity contribution in [2.24, 2.45) is 0 Å². The van der Waals surface area contributed by atoms with Gasteiger partial charge in [0.2, 0.25) is 0 Å². The van der Waals surface area contributed by atoms with E-state index in [1.54, 1.807) is 19.1 Å². The maximum atomic E-state index is 12.8. The molecule has 3 aromatic rings. The summed E-state index contributed by atoms with van der Waals surface area (Å²) in [5, 5.41) is 2.78. The number of aromatic nitrogens is 1. The molecule has 0 saturated heterocycles. The number of amides is 1. The van der Waals surface area contributed by atoms with E-state index in [4.69, 9.17) is 9.47 Å². The van der Waals surface area contributed by atoms with Gasteiger partial charge in [-0.25, -0.2) is 4.79 Å². The van der Waals surface area contributed by atoms with Crippen LogP contribution in [0.3, 0.4) is 0 Å². The minimum atomic E-state index is -0.963. The zero-order valence-electron chi connectivity index (χ0n) is 18.6. The normalized spacial score (nSPS) is 11.6. The highest BCUT2D eigenvalue weighted by Gasteiger charge is 2.23. The molecule has 0 radical (unpaired) electrons. The SMILES string of the molecule is COc1ccc(C)cc1NC(=O)C(C)OC(=O)c1cc(C)n(Cc2ccccc2)c1C. The smallest absolute Gasteiger partial charge is 0.340 e. The molecule has 6 nitrogen and oxygen atoms in total. The molecular formula is C25H28N2O4. The summed E-state index contributed by atoms with van der Waals surface area (Å²) in [5.41, 5.74) is 4.88. The van der Waals surface area contributed by atoms with Gasteiger partial charge in [0, 0.05) is 17.9 Å². The first kappa shape index (κ1) is 22.2. The molecule has 6 heteroatoms. The standard InChI is InChI=1S/C25H28N2O4/c1-16-11-12-23(30-5)22(13-16)26-24(28)19(4)31-25(29)21-14-17(2)27(18(21)3)15-20-9-7-6-8-10-20/h6-14,19H,15H2,1-5H3,(H,26,28). The second kappa shape index (κ2) is 9.51. The molecule has 162 valence electrons. The molecule has 2 aromatic carbocycles. The van der Waals surface area contributed by atoms with Gasteiger partial charge in [-0.3, -0.25) is 4.79 Å². The Morgan fingerprint density at radius 3 is 2.42 bits per heavy atom. The third-order valence-corrected chi connectivity index (χ3v) is 5.24. The summed E-state index contributed by atoms with van der Waals surface area (Å²) in [6.45, 7) is 7.97. The summed E-state index contributed by atoms with van der Waals surface area (Å²) in [6.07, 6.45) is -0.963. The number of methoxy groups -OCH3 is 1. The van der Waals surface area contributed by atoms with E-state index in [0.29, 0.717) is 23.5 Å². The van der Waals surface area contributed by atoms with Crippen LogP contribution in [-0.4, -0.2) is 29.7 Å². The number of hydrogen-bond donors (Lipinski definition) is 1. The number of carbonyl (C=O) groups excluding carboxylic acids is 2. The molecule has 0 aliphatic rings. The maximum Gasteiger partial charge on any atom is 0.340 e. The van der Waals surface area contributed by atoms with Gasteiger partial charge < -0.3 is 19.4 Å². The first-order valence-electron chi connectivity index (χ1n) is 10.2. The first-order valence-corrected chi connectivity index (χ1v) is 10.2. The van der Waals surface area contributed by atoms with Gasteiger partial charge in [0.15, 0.2) is 6.10 Å². The quantitative estimate of drug-likeness (QED) is 0.565. The van der Waals surface area contributed by atoms with Crippen molar-refractivity contribution in [3.05, 3.63) is 82.7 Å². The molecule has 3 rings (SSSR count). The first-order chi connectivity index (χ1) is 14.8. The zero-order valence-corrected chi connectivity index (χ0v) is 18.6. The Hall–Kier alpha value is -3.54. The van der Waals surface area contributed by atoms with Crippen LogP contribution in [0.4, 0.5) is 5.69 Å². The number of esters is 1. The molecule has 0 fully saturated rings. The topological polar surface area (TPSA) is 69.6 Å². The molecule has 31 heavy (non-hydrogen) atoms. The Kier molecular flexibility index (Phi) is 6.80. The van der Waals surface area contributed by atoms with E-state index in [9.17, 15) is 9.59 Å². The number of carbonyl (C=O) groups is 2. The molecule has 1 amide bonds. The van der Waals surface area contributed by atoms with Crippen LogP contribution in [0.2, 0.25) is 0 Å². The number of rotatable bonds is 7. The summed E-state index contributed by atoms with van der Waals surface area (Å²) < 4.78 is 12.8. The Balaban J connectivity index is 1.70. The predicted octanol–water partition coefficient (Wildman–Crippen LogP) is 4.65. The van der Waals surface area contributed by atoms with Gasteiger partial charge in [0.05, 0.1) is 18.4 Å². The van der Waals surface area contributed by atoms with Gasteiger partial charge >= 0.3 is 5.97 Å². The third kappa shape index (κ3) is 5.15. The second-order valence-corrected chi connectivity index (χ2v) is 7.60. The molecule has 1 N–H and O–H groups in total. The molecule has 1 atom stereocenters. The van der Waals surface area contributed by atoms with Gasteiger partial charge in [0.1, 0.15) is 5.75 Å². The van der Waals surface area contributed by atoms with Crippen molar-refractivity contribution in [2.75, 3.05) is 12.4 Å². The Bertz CT molecular complexity index is 1090. The maximum absolute atomic E-state index is 12.8. The summed E-state index contributed by atoms with van der Waals surface area (Å²) in [4.78, 5) is 25.4. The lowest BCUT2D eigenvalue weighted by atomic mass is 10.2. The summed E-state index contributed by atoms with van der Waals surface area (Å²) in [7, 11) is 1.54. The number of anilines is 1. The zero-order chi connectivity index (χ0) is 22.5. The van der Waals surface area contributed by atoms with E-state index >= 15 is 0 Å². The Labute approximate surface area is 182 Å². The molecule has 0 bridgehead atoms. The predicted molar refractivity (Wildman–Crippen MR) is 121 cm³/mol. The lowest BCUT2D eigenvalue weighted by molar-refractivity contribution is -0.123. The molecule has 1 unspecified atom stereocenters. The van der Waals surface area contributed by atoms with Crippen molar-refractivity contribution in [1.29, 1.82) is 0 Å². The molecule has 1 heterocycles. The fourth-order valence-electron chi connectivity index (χ4n) is 3.45. The average Bonchev–Trinajstić information content (AvgIpc) is 3.03. The number of ether oxygens (including phenoxy) is 2.